The summed E-state index contributed by atoms with van der Waals surface area (Å²) in [6.07, 6.45) is 1.41. The van der Waals surface area contributed by atoms with E-state index >= 15 is 0 Å². The van der Waals surface area contributed by atoms with Gasteiger partial charge in [0.1, 0.15) is 6.35 Å². The first-order valence-corrected chi connectivity index (χ1v) is 7.00. The minimum Gasteiger partial charge on any atom is -0.479 e. The van der Waals surface area contributed by atoms with E-state index < -0.39 is 8.03 Å². The van der Waals surface area contributed by atoms with Crippen LogP contribution in [0.4, 0.5) is 5.95 Å². The Labute approximate surface area is 109 Å². The summed E-state index contributed by atoms with van der Waals surface area (Å²) in [5, 5.41) is 0. The molecule has 0 fully saturated rings. The van der Waals surface area contributed by atoms with Gasteiger partial charge in [-0.15, -0.1) is 0 Å². The zero-order valence-electron chi connectivity index (χ0n) is 10.2. The van der Waals surface area contributed by atoms with Crippen LogP contribution in [0.5, 0.6) is 5.88 Å². The van der Waals surface area contributed by atoms with Gasteiger partial charge in [-0.2, -0.15) is 9.97 Å². The van der Waals surface area contributed by atoms with Crippen LogP contribution in [0.15, 0.2) is 6.33 Å². The second-order valence-electron chi connectivity index (χ2n) is 3.65. The van der Waals surface area contributed by atoms with Crippen molar-refractivity contribution in [3.8, 4) is 5.88 Å². The lowest BCUT2D eigenvalue weighted by Crippen LogP contribution is -2.07. The Kier molecular flexibility index (Phi) is 4.31. The predicted molar refractivity (Wildman–Crippen MR) is 68.3 cm³/mol. The molecule has 3 N–H and O–H groups in total. The van der Waals surface area contributed by atoms with Crippen LogP contribution in [0.2, 0.25) is 0 Å². The summed E-state index contributed by atoms with van der Waals surface area (Å²) in [5.74, 6) is 0.398. The molecule has 0 aliphatic carbocycles. The maximum absolute atomic E-state index is 10.5. The van der Waals surface area contributed by atoms with Gasteiger partial charge in [0.25, 0.3) is 0 Å². The van der Waals surface area contributed by atoms with Gasteiger partial charge < -0.3 is 24.7 Å². The third-order valence-electron chi connectivity index (χ3n) is 2.34. The molecule has 9 nitrogen and oxygen atoms in total. The average Bonchev–Trinajstić information content (AvgIpc) is 2.76. The molecule has 1 atom stereocenters. The molecule has 0 saturated carbocycles. The molecule has 2 aromatic rings. The number of hydrogen-bond acceptors (Lipinski definition) is 7. The smallest absolute Gasteiger partial charge is 0.246 e. The highest BCUT2D eigenvalue weighted by Gasteiger charge is 2.12. The van der Waals surface area contributed by atoms with Gasteiger partial charge in [-0.05, 0) is 0 Å². The van der Waals surface area contributed by atoms with Crippen LogP contribution in [0.25, 0.3) is 11.2 Å². The van der Waals surface area contributed by atoms with Crippen LogP contribution in [0.1, 0.15) is 0 Å². The van der Waals surface area contributed by atoms with Crippen molar-refractivity contribution < 1.29 is 18.9 Å². The molecule has 0 amide bonds. The lowest BCUT2D eigenvalue weighted by Gasteiger charge is -2.05. The maximum Gasteiger partial charge on any atom is 0.246 e. The summed E-state index contributed by atoms with van der Waals surface area (Å²) >= 11 is 0. The summed E-state index contributed by atoms with van der Waals surface area (Å²) in [6, 6.07) is 0. The molecule has 2 heterocycles. The number of nitrogens with two attached hydrogens (primary N) is 1. The number of nitrogen functional groups attached to an aromatic ring is 1. The highest BCUT2D eigenvalue weighted by molar-refractivity contribution is 7.37. The van der Waals surface area contributed by atoms with Crippen LogP contribution in [0, 0.1) is 0 Å². The summed E-state index contributed by atoms with van der Waals surface area (Å²) in [7, 11) is -1.12. The van der Waals surface area contributed by atoms with Crippen LogP contribution >= 0.6 is 8.03 Å². The van der Waals surface area contributed by atoms with E-state index in [0.717, 1.165) is 0 Å². The lowest BCUT2D eigenvalue weighted by molar-refractivity contribution is 0.163. The molecule has 1 unspecified atom stereocenters. The van der Waals surface area contributed by atoms with Gasteiger partial charge in [0, 0.05) is 6.54 Å². The van der Waals surface area contributed by atoms with E-state index in [1.54, 1.807) is 10.9 Å². The molecule has 104 valence electrons. The van der Waals surface area contributed by atoms with Gasteiger partial charge in [-0.1, -0.05) is 0 Å². The fraction of sp³-hybridized carbons (Fsp3) is 0.444. The molecule has 2 rings (SSSR count). The minimum atomic E-state index is -2.60. The Balaban J connectivity index is 2.15. The highest BCUT2D eigenvalue weighted by atomic mass is 31.1. The second-order valence-corrected chi connectivity index (χ2v) is 4.72. The summed E-state index contributed by atoms with van der Waals surface area (Å²) in [4.78, 5) is 20.8. The molecular weight excluding hydrogens is 273 g/mol. The number of ether oxygens (including phenoxy) is 2. The second kappa shape index (κ2) is 5.96. The van der Waals surface area contributed by atoms with E-state index in [2.05, 4.69) is 15.0 Å². The summed E-state index contributed by atoms with van der Waals surface area (Å²) in [5.41, 5.74) is 6.62. The van der Waals surface area contributed by atoms with E-state index in [9.17, 15) is 4.57 Å². The first-order valence-electron chi connectivity index (χ1n) is 5.43. The molecule has 0 saturated heterocycles. The van der Waals surface area contributed by atoms with Gasteiger partial charge in [0.05, 0.1) is 20.0 Å². The van der Waals surface area contributed by atoms with Gasteiger partial charge in [0.15, 0.2) is 11.2 Å². The fourth-order valence-corrected chi connectivity index (χ4v) is 1.88. The van der Waals surface area contributed by atoms with Crippen LogP contribution < -0.4 is 10.5 Å². The first kappa shape index (κ1) is 13.7. The minimum absolute atomic E-state index is 0.0902. The molecule has 10 heteroatoms. The Morgan fingerprint density at radius 3 is 3.00 bits per heavy atom. The Bertz CT molecular complexity index is 602. The van der Waals surface area contributed by atoms with Gasteiger partial charge >= 0.3 is 0 Å². The first-order chi connectivity index (χ1) is 9.11. The highest BCUT2D eigenvalue weighted by Crippen LogP contribution is 2.21. The molecule has 0 radical (unpaired) electrons. The number of fused-ring (bicyclic) bond motifs is 1. The molecule has 19 heavy (non-hydrogen) atoms. The van der Waals surface area contributed by atoms with Crippen LogP contribution in [-0.4, -0.2) is 44.5 Å². The number of rotatable bonds is 6. The van der Waals surface area contributed by atoms with E-state index in [1.807, 2.05) is 0 Å². The standard InChI is InChI=1S/C9H14N5O4P/c1-17-8-6-7(12-9(10)13-8)14(4-11-6)2-3-18-5-19(15)16/h4,19H,2-3,5H2,1H3,(H,15,16)(H2,10,12,13). The third kappa shape index (κ3) is 3.19. The number of hydrogen-bond donors (Lipinski definition) is 2. The average molecular weight is 287 g/mol. The zero-order valence-corrected chi connectivity index (χ0v) is 11.2. The van der Waals surface area contributed by atoms with Gasteiger partial charge in [-0.25, -0.2) is 4.98 Å². The molecule has 0 aromatic carbocycles. The van der Waals surface area contributed by atoms with Crippen molar-refractivity contribution in [2.75, 3.05) is 25.8 Å². The van der Waals surface area contributed by atoms with Crippen LogP contribution in [0.3, 0.4) is 0 Å². The van der Waals surface area contributed by atoms with E-state index in [-0.39, 0.29) is 18.9 Å². The topological polar surface area (TPSA) is 125 Å². The SMILES string of the molecule is COc1nc(N)nc2c1ncn2CCOC[PH](=O)O. The van der Waals surface area contributed by atoms with E-state index in [1.165, 1.54) is 7.11 Å². The number of anilines is 1. The van der Waals surface area contributed by atoms with Crippen molar-refractivity contribution in [3.63, 3.8) is 0 Å². The lowest BCUT2D eigenvalue weighted by atomic mass is 10.5. The number of methoxy groups -OCH3 is 1. The van der Waals surface area contributed by atoms with Crippen molar-refractivity contribution in [2.45, 2.75) is 6.54 Å². The van der Waals surface area contributed by atoms with E-state index in [0.29, 0.717) is 23.6 Å². The van der Waals surface area contributed by atoms with Crippen molar-refractivity contribution >= 4 is 25.1 Å². The number of imidazole rings is 1. The summed E-state index contributed by atoms with van der Waals surface area (Å²) < 4.78 is 22.3. The molecule has 0 aliphatic rings. The summed E-state index contributed by atoms with van der Waals surface area (Å²) in [6.45, 7) is 0.708. The van der Waals surface area contributed by atoms with Gasteiger partial charge in [-0.3, -0.25) is 4.57 Å². The number of nitrogens with zero attached hydrogens (tertiary/aromatic N) is 4. The molecule has 0 bridgehead atoms. The normalized spacial score (nSPS) is 12.7. The maximum atomic E-state index is 10.5. The predicted octanol–water partition coefficient (Wildman–Crippen LogP) is -0.142. The van der Waals surface area contributed by atoms with Gasteiger partial charge in [0.2, 0.25) is 19.9 Å². The third-order valence-corrected chi connectivity index (χ3v) is 2.80. The van der Waals surface area contributed by atoms with Crippen molar-refractivity contribution in [1.82, 2.24) is 19.5 Å². The van der Waals surface area contributed by atoms with E-state index in [4.69, 9.17) is 20.1 Å². The molecule has 0 aliphatic heterocycles. The number of aromatic nitrogens is 4. The van der Waals surface area contributed by atoms with Crippen molar-refractivity contribution in [3.05, 3.63) is 6.33 Å². The Morgan fingerprint density at radius 2 is 2.32 bits per heavy atom. The fourth-order valence-electron chi connectivity index (χ4n) is 1.56. The van der Waals surface area contributed by atoms with Crippen molar-refractivity contribution in [1.29, 1.82) is 0 Å². The largest absolute Gasteiger partial charge is 0.479 e. The quantitative estimate of drug-likeness (QED) is 0.555. The Hall–Kier alpha value is -1.70. The molecular formula is C9H14N5O4P. The van der Waals surface area contributed by atoms with Crippen molar-refractivity contribution in [2.24, 2.45) is 0 Å². The van der Waals surface area contributed by atoms with Crippen LogP contribution in [-0.2, 0) is 15.8 Å². The molecule has 0 spiro atoms. The molecule has 2 aromatic heterocycles. The monoisotopic (exact) mass is 287 g/mol. The zero-order chi connectivity index (χ0) is 13.8. The Morgan fingerprint density at radius 1 is 1.53 bits per heavy atom.